The van der Waals surface area contributed by atoms with Gasteiger partial charge in [0, 0.05) is 19.4 Å². The highest BCUT2D eigenvalue weighted by Crippen LogP contribution is 2.43. The van der Waals surface area contributed by atoms with Crippen molar-refractivity contribution in [3.05, 3.63) is 0 Å². The van der Waals surface area contributed by atoms with Crippen molar-refractivity contribution in [2.75, 3.05) is 40.3 Å². The van der Waals surface area contributed by atoms with Gasteiger partial charge < -0.3 is 9.80 Å². The van der Waals surface area contributed by atoms with Crippen LogP contribution in [0.25, 0.3) is 0 Å². The van der Waals surface area contributed by atoms with Gasteiger partial charge in [0.15, 0.2) is 0 Å². The van der Waals surface area contributed by atoms with Crippen molar-refractivity contribution in [1.82, 2.24) is 9.80 Å². The number of ketones is 2. The minimum atomic E-state index is -0.302. The molecule has 2 rings (SSSR count). The maximum Gasteiger partial charge on any atom is 0.143 e. The molecule has 1 saturated carbocycles. The standard InChI is InChI=1S/C16H28N2O2/c1-4-13-14(19)10-16(11-15(13)20)6-9-18(12-16)8-5-7-17(2)3/h13H,4-12H2,1-3H3. The summed E-state index contributed by atoms with van der Waals surface area (Å²) in [5.41, 5.74) is -0.0298. The van der Waals surface area contributed by atoms with Crippen LogP contribution in [-0.2, 0) is 9.59 Å². The predicted octanol–water partition coefficient (Wildman–Crippen LogP) is 1.59. The number of carbonyl (C=O) groups is 2. The molecule has 1 heterocycles. The van der Waals surface area contributed by atoms with E-state index in [1.54, 1.807) is 0 Å². The molecule has 1 spiro atoms. The molecule has 0 atom stereocenters. The SMILES string of the molecule is CCC1C(=O)CC2(CCN(CCCN(C)C)C2)CC1=O. The van der Waals surface area contributed by atoms with Gasteiger partial charge in [0.25, 0.3) is 0 Å². The van der Waals surface area contributed by atoms with Crippen LogP contribution in [0.2, 0.25) is 0 Å². The zero-order valence-corrected chi connectivity index (χ0v) is 13.2. The summed E-state index contributed by atoms with van der Waals surface area (Å²) in [6.07, 6.45) is 4.11. The average molecular weight is 280 g/mol. The maximum absolute atomic E-state index is 12.2. The van der Waals surface area contributed by atoms with Gasteiger partial charge in [-0.3, -0.25) is 9.59 Å². The van der Waals surface area contributed by atoms with Crippen LogP contribution in [0.1, 0.15) is 39.0 Å². The summed E-state index contributed by atoms with van der Waals surface area (Å²) in [6, 6.07) is 0. The Bertz CT molecular complexity index is 361. The molecule has 0 N–H and O–H groups in total. The van der Waals surface area contributed by atoms with Crippen molar-refractivity contribution in [1.29, 1.82) is 0 Å². The second-order valence-corrected chi connectivity index (χ2v) is 6.93. The lowest BCUT2D eigenvalue weighted by atomic mass is 9.68. The highest BCUT2D eigenvalue weighted by Gasteiger charge is 2.47. The molecule has 20 heavy (non-hydrogen) atoms. The van der Waals surface area contributed by atoms with Crippen molar-refractivity contribution in [3.63, 3.8) is 0 Å². The molecular formula is C16H28N2O2. The lowest BCUT2D eigenvalue weighted by Gasteiger charge is -2.35. The largest absolute Gasteiger partial charge is 0.309 e. The highest BCUT2D eigenvalue weighted by molar-refractivity contribution is 6.05. The van der Waals surface area contributed by atoms with Crippen molar-refractivity contribution < 1.29 is 9.59 Å². The van der Waals surface area contributed by atoms with Crippen LogP contribution in [0.5, 0.6) is 0 Å². The molecule has 0 radical (unpaired) electrons. The number of hydrogen-bond donors (Lipinski definition) is 0. The number of likely N-dealkylation sites (tertiary alicyclic amines) is 1. The molecule has 4 nitrogen and oxygen atoms in total. The van der Waals surface area contributed by atoms with E-state index in [2.05, 4.69) is 23.9 Å². The smallest absolute Gasteiger partial charge is 0.143 e. The molecule has 0 amide bonds. The zero-order chi connectivity index (χ0) is 14.8. The summed E-state index contributed by atoms with van der Waals surface area (Å²) < 4.78 is 0. The van der Waals surface area contributed by atoms with E-state index in [-0.39, 0.29) is 22.9 Å². The fourth-order valence-electron chi connectivity index (χ4n) is 3.80. The lowest BCUT2D eigenvalue weighted by molar-refractivity contribution is -0.140. The normalized spacial score (nSPS) is 31.7. The van der Waals surface area contributed by atoms with Gasteiger partial charge in [-0.25, -0.2) is 0 Å². The summed E-state index contributed by atoms with van der Waals surface area (Å²) >= 11 is 0. The molecule has 2 fully saturated rings. The molecular weight excluding hydrogens is 252 g/mol. The van der Waals surface area contributed by atoms with Crippen molar-refractivity contribution in [2.24, 2.45) is 11.3 Å². The Balaban J connectivity index is 1.88. The Hall–Kier alpha value is -0.740. The van der Waals surface area contributed by atoms with Crippen LogP contribution in [-0.4, -0.2) is 61.6 Å². The van der Waals surface area contributed by atoms with Gasteiger partial charge in [-0.15, -0.1) is 0 Å². The number of rotatable bonds is 5. The molecule has 0 aromatic rings. The quantitative estimate of drug-likeness (QED) is 0.717. The van der Waals surface area contributed by atoms with Gasteiger partial charge in [0.2, 0.25) is 0 Å². The summed E-state index contributed by atoms with van der Waals surface area (Å²) in [7, 11) is 4.18. The van der Waals surface area contributed by atoms with E-state index in [9.17, 15) is 9.59 Å². The topological polar surface area (TPSA) is 40.6 Å². The van der Waals surface area contributed by atoms with Crippen LogP contribution >= 0.6 is 0 Å². The minimum absolute atomic E-state index is 0.0298. The van der Waals surface area contributed by atoms with Crippen LogP contribution < -0.4 is 0 Å². The predicted molar refractivity (Wildman–Crippen MR) is 79.7 cm³/mol. The fourth-order valence-corrected chi connectivity index (χ4v) is 3.80. The molecule has 2 aliphatic rings. The highest BCUT2D eigenvalue weighted by atomic mass is 16.2. The first-order valence-electron chi connectivity index (χ1n) is 7.88. The van der Waals surface area contributed by atoms with Crippen molar-refractivity contribution >= 4 is 11.6 Å². The van der Waals surface area contributed by atoms with E-state index in [0.717, 1.165) is 39.0 Å². The van der Waals surface area contributed by atoms with E-state index in [0.29, 0.717) is 19.3 Å². The summed E-state index contributed by atoms with van der Waals surface area (Å²) in [5, 5.41) is 0. The summed E-state index contributed by atoms with van der Waals surface area (Å²) in [6.45, 7) is 6.11. The van der Waals surface area contributed by atoms with E-state index >= 15 is 0 Å². The third-order valence-corrected chi connectivity index (χ3v) is 4.88. The number of nitrogens with zero attached hydrogens (tertiary/aromatic N) is 2. The van der Waals surface area contributed by atoms with Crippen molar-refractivity contribution in [2.45, 2.75) is 39.0 Å². The molecule has 1 aliphatic heterocycles. The van der Waals surface area contributed by atoms with Gasteiger partial charge in [0.1, 0.15) is 11.6 Å². The maximum atomic E-state index is 12.2. The first kappa shape index (κ1) is 15.6. The van der Waals surface area contributed by atoms with Crippen LogP contribution in [0.4, 0.5) is 0 Å². The Morgan fingerprint density at radius 1 is 1.25 bits per heavy atom. The third-order valence-electron chi connectivity index (χ3n) is 4.88. The molecule has 0 aromatic heterocycles. The Kier molecular flexibility index (Phi) is 4.97. The average Bonchev–Trinajstić information content (AvgIpc) is 2.71. The Labute approximate surface area is 122 Å². The molecule has 4 heteroatoms. The lowest BCUT2D eigenvalue weighted by Crippen LogP contribution is -2.42. The monoisotopic (exact) mass is 280 g/mol. The number of hydrogen-bond acceptors (Lipinski definition) is 4. The second-order valence-electron chi connectivity index (χ2n) is 6.93. The van der Waals surface area contributed by atoms with E-state index < -0.39 is 0 Å². The first-order valence-corrected chi connectivity index (χ1v) is 7.88. The molecule has 0 aromatic carbocycles. The molecule has 1 saturated heterocycles. The first-order chi connectivity index (χ1) is 9.46. The van der Waals surface area contributed by atoms with Gasteiger partial charge in [-0.1, -0.05) is 6.92 Å². The third kappa shape index (κ3) is 3.47. The number of Topliss-reactive ketones (excluding diaryl/α,β-unsaturated/α-hetero) is 2. The molecule has 0 bridgehead atoms. The van der Waals surface area contributed by atoms with E-state index in [1.807, 2.05) is 6.92 Å². The fraction of sp³-hybridized carbons (Fsp3) is 0.875. The Morgan fingerprint density at radius 3 is 2.45 bits per heavy atom. The zero-order valence-electron chi connectivity index (χ0n) is 13.2. The van der Waals surface area contributed by atoms with Gasteiger partial charge >= 0.3 is 0 Å². The number of carbonyl (C=O) groups excluding carboxylic acids is 2. The molecule has 1 aliphatic carbocycles. The minimum Gasteiger partial charge on any atom is -0.309 e. The second kappa shape index (κ2) is 6.35. The van der Waals surface area contributed by atoms with Crippen LogP contribution in [0.15, 0.2) is 0 Å². The molecule has 114 valence electrons. The summed E-state index contributed by atoms with van der Waals surface area (Å²) in [4.78, 5) is 29.0. The van der Waals surface area contributed by atoms with E-state index in [4.69, 9.17) is 0 Å². The summed E-state index contributed by atoms with van der Waals surface area (Å²) in [5.74, 6) is 0.0844. The Morgan fingerprint density at radius 2 is 1.90 bits per heavy atom. The van der Waals surface area contributed by atoms with Gasteiger partial charge in [-0.05, 0) is 58.4 Å². The molecule has 0 unspecified atom stereocenters. The van der Waals surface area contributed by atoms with Crippen LogP contribution in [0.3, 0.4) is 0 Å². The van der Waals surface area contributed by atoms with Gasteiger partial charge in [0.05, 0.1) is 5.92 Å². The van der Waals surface area contributed by atoms with Crippen LogP contribution in [0, 0.1) is 11.3 Å². The van der Waals surface area contributed by atoms with E-state index in [1.165, 1.54) is 0 Å². The van der Waals surface area contributed by atoms with Crippen molar-refractivity contribution in [3.8, 4) is 0 Å². The van der Waals surface area contributed by atoms with Gasteiger partial charge in [-0.2, -0.15) is 0 Å².